The summed E-state index contributed by atoms with van der Waals surface area (Å²) in [7, 11) is 0. The van der Waals surface area contributed by atoms with Gasteiger partial charge in [0.15, 0.2) is 0 Å². The fourth-order valence-electron chi connectivity index (χ4n) is 1.33. The third-order valence-electron chi connectivity index (χ3n) is 2.09. The van der Waals surface area contributed by atoms with Crippen molar-refractivity contribution in [2.45, 2.75) is 44.9 Å². The minimum Gasteiger partial charge on any atom is -0.391 e. The smallest absolute Gasteiger partial charge is 0.0705 e. The molecule has 0 aliphatic carbocycles. The molecule has 54 valence electrons. The zero-order chi connectivity index (χ0) is 6.85. The van der Waals surface area contributed by atoms with Crippen LogP contribution in [-0.2, 0) is 0 Å². The van der Waals surface area contributed by atoms with Crippen LogP contribution in [0, 0.1) is 0 Å². The van der Waals surface area contributed by atoms with Crippen LogP contribution in [-0.4, -0.2) is 23.3 Å². The summed E-state index contributed by atoms with van der Waals surface area (Å²) in [5, 5.41) is 12.5. The van der Waals surface area contributed by atoms with E-state index in [1.807, 2.05) is 6.92 Å². The van der Waals surface area contributed by atoms with Crippen LogP contribution in [0.4, 0.5) is 0 Å². The fraction of sp³-hybridized carbons (Fsp3) is 1.00. The van der Waals surface area contributed by atoms with Gasteiger partial charge in [0.05, 0.1) is 6.10 Å². The zero-order valence-corrected chi connectivity index (χ0v) is 6.09. The summed E-state index contributed by atoms with van der Waals surface area (Å²) in [6, 6.07) is 0.852. The summed E-state index contributed by atoms with van der Waals surface area (Å²) in [5.41, 5.74) is 0. The molecule has 0 saturated carbocycles. The first-order valence-electron chi connectivity index (χ1n) is 3.68. The van der Waals surface area contributed by atoms with Crippen LogP contribution in [0.1, 0.15) is 26.7 Å². The summed E-state index contributed by atoms with van der Waals surface area (Å²) in [5.74, 6) is 0. The van der Waals surface area contributed by atoms with E-state index in [0.29, 0.717) is 12.1 Å². The molecule has 2 nitrogen and oxygen atoms in total. The van der Waals surface area contributed by atoms with Crippen molar-refractivity contribution in [2.75, 3.05) is 0 Å². The molecule has 1 aliphatic heterocycles. The Hall–Kier alpha value is -0.0800. The number of nitrogens with one attached hydrogen (secondary N) is 1. The molecule has 0 spiro atoms. The third kappa shape index (κ3) is 1.43. The van der Waals surface area contributed by atoms with Crippen molar-refractivity contribution < 1.29 is 5.11 Å². The van der Waals surface area contributed by atoms with Gasteiger partial charge in [-0.25, -0.2) is 0 Å². The molecule has 0 bridgehead atoms. The van der Waals surface area contributed by atoms with E-state index in [0.717, 1.165) is 12.8 Å². The third-order valence-corrected chi connectivity index (χ3v) is 2.09. The van der Waals surface area contributed by atoms with E-state index in [4.69, 9.17) is 0 Å². The topological polar surface area (TPSA) is 32.3 Å². The highest BCUT2D eigenvalue weighted by Gasteiger charge is 2.26. The summed E-state index contributed by atoms with van der Waals surface area (Å²) in [6.45, 7) is 4.17. The van der Waals surface area contributed by atoms with Crippen LogP contribution in [0.2, 0.25) is 0 Å². The van der Waals surface area contributed by atoms with Crippen molar-refractivity contribution in [1.82, 2.24) is 5.32 Å². The Morgan fingerprint density at radius 3 is 2.56 bits per heavy atom. The largest absolute Gasteiger partial charge is 0.391 e. The maximum absolute atomic E-state index is 9.24. The van der Waals surface area contributed by atoms with Gasteiger partial charge in [-0.1, -0.05) is 6.92 Å². The maximum atomic E-state index is 9.24. The van der Waals surface area contributed by atoms with Gasteiger partial charge < -0.3 is 10.4 Å². The van der Waals surface area contributed by atoms with Gasteiger partial charge in [-0.05, 0) is 19.8 Å². The zero-order valence-electron chi connectivity index (χ0n) is 6.09. The Kier molecular flexibility index (Phi) is 2.09. The molecule has 0 amide bonds. The Labute approximate surface area is 56.3 Å². The molecule has 0 aromatic heterocycles. The van der Waals surface area contributed by atoms with Gasteiger partial charge in [0, 0.05) is 12.1 Å². The molecule has 1 aliphatic rings. The minimum atomic E-state index is -0.116. The van der Waals surface area contributed by atoms with E-state index in [2.05, 4.69) is 12.2 Å². The molecular formula is C7H15NO. The average molecular weight is 129 g/mol. The monoisotopic (exact) mass is 129 g/mol. The summed E-state index contributed by atoms with van der Waals surface area (Å²) < 4.78 is 0. The Morgan fingerprint density at radius 2 is 2.33 bits per heavy atom. The first kappa shape index (κ1) is 7.03. The second kappa shape index (κ2) is 2.67. The molecule has 9 heavy (non-hydrogen) atoms. The fourth-order valence-corrected chi connectivity index (χ4v) is 1.33. The predicted octanol–water partition coefficient (Wildman–Crippen LogP) is 0.508. The molecule has 2 heteroatoms. The minimum absolute atomic E-state index is 0.116. The summed E-state index contributed by atoms with van der Waals surface area (Å²) in [6.07, 6.45) is 1.94. The molecule has 1 saturated heterocycles. The molecule has 3 atom stereocenters. The lowest BCUT2D eigenvalue weighted by atomic mass is 10.1. The van der Waals surface area contributed by atoms with Gasteiger partial charge in [0.1, 0.15) is 0 Å². The highest BCUT2D eigenvalue weighted by atomic mass is 16.3. The second-order valence-electron chi connectivity index (χ2n) is 2.86. The standard InChI is InChI=1S/C7H15NO/c1-3-6-4-7(9)5(2)8-6/h5-9H,3-4H2,1-2H3/t5-,6-,7+/m1/s1. The molecule has 0 unspecified atom stereocenters. The van der Waals surface area contributed by atoms with E-state index >= 15 is 0 Å². The number of hydrogen-bond acceptors (Lipinski definition) is 2. The molecular weight excluding hydrogens is 114 g/mol. The van der Waals surface area contributed by atoms with Crippen LogP contribution >= 0.6 is 0 Å². The summed E-state index contributed by atoms with van der Waals surface area (Å²) >= 11 is 0. The first-order chi connectivity index (χ1) is 4.24. The van der Waals surface area contributed by atoms with Gasteiger partial charge in [-0.3, -0.25) is 0 Å². The van der Waals surface area contributed by atoms with Gasteiger partial charge in [0.2, 0.25) is 0 Å². The van der Waals surface area contributed by atoms with E-state index in [1.165, 1.54) is 0 Å². The molecule has 0 radical (unpaired) electrons. The molecule has 1 fully saturated rings. The van der Waals surface area contributed by atoms with Crippen LogP contribution < -0.4 is 5.32 Å². The quantitative estimate of drug-likeness (QED) is 0.540. The van der Waals surface area contributed by atoms with Crippen molar-refractivity contribution in [3.05, 3.63) is 0 Å². The van der Waals surface area contributed by atoms with Crippen molar-refractivity contribution in [2.24, 2.45) is 0 Å². The molecule has 0 aromatic carbocycles. The Morgan fingerprint density at radius 1 is 1.67 bits per heavy atom. The lowest BCUT2D eigenvalue weighted by molar-refractivity contribution is 0.164. The SMILES string of the molecule is CC[C@@H]1C[C@H](O)[C@@H](C)N1. The maximum Gasteiger partial charge on any atom is 0.0705 e. The van der Waals surface area contributed by atoms with Gasteiger partial charge in [0.25, 0.3) is 0 Å². The van der Waals surface area contributed by atoms with Gasteiger partial charge in [-0.15, -0.1) is 0 Å². The van der Waals surface area contributed by atoms with E-state index in [-0.39, 0.29) is 6.10 Å². The number of hydrogen-bond donors (Lipinski definition) is 2. The van der Waals surface area contributed by atoms with Crippen LogP contribution in [0.25, 0.3) is 0 Å². The molecule has 2 N–H and O–H groups in total. The molecule has 1 heterocycles. The van der Waals surface area contributed by atoms with Gasteiger partial charge >= 0.3 is 0 Å². The Balaban J connectivity index is 2.35. The lowest BCUT2D eigenvalue weighted by Gasteiger charge is -2.07. The van der Waals surface area contributed by atoms with Gasteiger partial charge in [-0.2, -0.15) is 0 Å². The van der Waals surface area contributed by atoms with Crippen LogP contribution in [0.5, 0.6) is 0 Å². The van der Waals surface area contributed by atoms with Crippen molar-refractivity contribution in [1.29, 1.82) is 0 Å². The number of aliphatic hydroxyl groups is 1. The van der Waals surface area contributed by atoms with Crippen LogP contribution in [0.3, 0.4) is 0 Å². The Bertz CT molecular complexity index is 84.9. The first-order valence-corrected chi connectivity index (χ1v) is 3.68. The van der Waals surface area contributed by atoms with Crippen LogP contribution in [0.15, 0.2) is 0 Å². The van der Waals surface area contributed by atoms with E-state index < -0.39 is 0 Å². The molecule has 1 rings (SSSR count). The summed E-state index contributed by atoms with van der Waals surface area (Å²) in [4.78, 5) is 0. The van der Waals surface area contributed by atoms with Crippen molar-refractivity contribution in [3.8, 4) is 0 Å². The highest BCUT2D eigenvalue weighted by Crippen LogP contribution is 2.14. The van der Waals surface area contributed by atoms with Crippen molar-refractivity contribution >= 4 is 0 Å². The van der Waals surface area contributed by atoms with Crippen molar-refractivity contribution in [3.63, 3.8) is 0 Å². The highest BCUT2D eigenvalue weighted by molar-refractivity contribution is 4.86. The normalized spacial score (nSPS) is 43.7. The lowest BCUT2D eigenvalue weighted by Crippen LogP contribution is -2.29. The predicted molar refractivity (Wildman–Crippen MR) is 37.3 cm³/mol. The number of rotatable bonds is 1. The van der Waals surface area contributed by atoms with E-state index in [1.54, 1.807) is 0 Å². The molecule has 0 aromatic rings. The second-order valence-corrected chi connectivity index (χ2v) is 2.86. The number of aliphatic hydroxyl groups excluding tert-OH is 1. The average Bonchev–Trinajstić information content (AvgIpc) is 2.13. The van der Waals surface area contributed by atoms with E-state index in [9.17, 15) is 5.11 Å².